The zero-order valence-corrected chi connectivity index (χ0v) is 6.27. The highest BCUT2D eigenvalue weighted by Gasteiger charge is 2.16. The smallest absolute Gasteiger partial charge is 0.165 e. The molecule has 0 aliphatic rings. The van der Waals surface area contributed by atoms with Gasteiger partial charge in [-0.05, 0) is 6.92 Å². The molecule has 0 fully saturated rings. The quantitative estimate of drug-likeness (QED) is 0.565. The number of rotatable bonds is 2. The van der Waals surface area contributed by atoms with Crippen molar-refractivity contribution in [3.05, 3.63) is 0 Å². The third kappa shape index (κ3) is 2.02. The monoisotopic (exact) mass is 147 g/mol. The number of nitriles is 1. The Morgan fingerprint density at radius 1 is 1.67 bits per heavy atom. The second-order valence-corrected chi connectivity index (χ2v) is 4.33. The van der Waals surface area contributed by atoms with Crippen LogP contribution in [0.15, 0.2) is 0 Å². The van der Waals surface area contributed by atoms with Gasteiger partial charge >= 0.3 is 0 Å². The van der Waals surface area contributed by atoms with Gasteiger partial charge in [0.15, 0.2) is 9.84 Å². The molecule has 0 aliphatic carbocycles. The molecule has 9 heavy (non-hydrogen) atoms. The zero-order chi connectivity index (χ0) is 7.49. The van der Waals surface area contributed by atoms with Gasteiger partial charge in [0.25, 0.3) is 0 Å². The minimum absolute atomic E-state index is 0.0434. The van der Waals surface area contributed by atoms with Crippen molar-refractivity contribution in [1.29, 1.82) is 5.26 Å². The van der Waals surface area contributed by atoms with Crippen molar-refractivity contribution in [2.75, 3.05) is 5.75 Å². The van der Waals surface area contributed by atoms with Crippen molar-refractivity contribution < 1.29 is 8.42 Å². The summed E-state index contributed by atoms with van der Waals surface area (Å²) in [6.45, 7) is 2.92. The van der Waals surface area contributed by atoms with Crippen molar-refractivity contribution in [3.63, 3.8) is 0 Å². The van der Waals surface area contributed by atoms with Crippen molar-refractivity contribution in [2.24, 2.45) is 0 Å². The fourth-order valence-corrected chi connectivity index (χ4v) is 0.991. The van der Waals surface area contributed by atoms with Gasteiger partial charge in [-0.15, -0.1) is 0 Å². The van der Waals surface area contributed by atoms with E-state index in [-0.39, 0.29) is 5.75 Å². The molecular weight excluding hydrogens is 138 g/mol. The van der Waals surface area contributed by atoms with Crippen LogP contribution < -0.4 is 0 Å². The predicted octanol–water partition coefficient (Wildman–Crippen LogP) is 0.333. The van der Waals surface area contributed by atoms with Crippen LogP contribution in [0.4, 0.5) is 0 Å². The van der Waals surface area contributed by atoms with E-state index >= 15 is 0 Å². The minimum Gasteiger partial charge on any atom is -0.227 e. The Kier molecular flexibility index (Phi) is 2.65. The maximum Gasteiger partial charge on any atom is 0.165 e. The first-order chi connectivity index (χ1) is 4.04. The average Bonchev–Trinajstić information content (AvgIpc) is 1.86. The SMILES string of the molecule is CCS(=O)(=O)[C@@H](C)C#N. The lowest BCUT2D eigenvalue weighted by Crippen LogP contribution is -2.17. The van der Waals surface area contributed by atoms with E-state index in [1.165, 1.54) is 13.8 Å². The Balaban J connectivity index is 4.41. The second kappa shape index (κ2) is 2.83. The molecule has 0 rings (SSSR count). The lowest BCUT2D eigenvalue weighted by atomic mass is 10.5. The standard InChI is InChI=1S/C5H9NO2S/c1-3-9(7,8)5(2)4-6/h5H,3H2,1-2H3/t5-/m0/s1. The lowest BCUT2D eigenvalue weighted by molar-refractivity contribution is 0.593. The van der Waals surface area contributed by atoms with Gasteiger partial charge in [-0.2, -0.15) is 5.26 Å². The van der Waals surface area contributed by atoms with Gasteiger partial charge in [-0.3, -0.25) is 0 Å². The Morgan fingerprint density at radius 3 is 2.22 bits per heavy atom. The molecule has 0 spiro atoms. The molecule has 0 aromatic rings. The molecule has 0 aromatic heterocycles. The molecule has 3 nitrogen and oxygen atoms in total. The van der Waals surface area contributed by atoms with Crippen LogP contribution in [-0.2, 0) is 9.84 Å². The van der Waals surface area contributed by atoms with Crippen LogP contribution in [-0.4, -0.2) is 19.4 Å². The molecule has 0 aliphatic heterocycles. The molecule has 0 amide bonds. The van der Waals surface area contributed by atoms with Crippen molar-refractivity contribution in [2.45, 2.75) is 19.1 Å². The fourth-order valence-electron chi connectivity index (χ4n) is 0.330. The normalized spacial score (nSPS) is 14.3. The van der Waals surface area contributed by atoms with Crippen LogP contribution in [0.5, 0.6) is 0 Å². The maximum atomic E-state index is 10.7. The molecule has 0 heterocycles. The van der Waals surface area contributed by atoms with E-state index in [1.807, 2.05) is 0 Å². The van der Waals surface area contributed by atoms with Crippen LogP contribution in [0.3, 0.4) is 0 Å². The molecule has 0 bridgehead atoms. The summed E-state index contributed by atoms with van der Waals surface area (Å²) in [6.07, 6.45) is 0. The van der Waals surface area contributed by atoms with E-state index in [0.29, 0.717) is 0 Å². The number of hydrogen-bond donors (Lipinski definition) is 0. The first-order valence-electron chi connectivity index (χ1n) is 2.65. The minimum atomic E-state index is -3.11. The van der Waals surface area contributed by atoms with E-state index < -0.39 is 15.1 Å². The summed E-state index contributed by atoms with van der Waals surface area (Å²) < 4.78 is 21.4. The molecule has 1 atom stereocenters. The molecule has 4 heteroatoms. The fraction of sp³-hybridized carbons (Fsp3) is 0.800. The number of sulfone groups is 1. The largest absolute Gasteiger partial charge is 0.227 e. The molecular formula is C5H9NO2S. The van der Waals surface area contributed by atoms with Gasteiger partial charge in [0.05, 0.1) is 6.07 Å². The Morgan fingerprint density at radius 2 is 2.11 bits per heavy atom. The highest BCUT2D eigenvalue weighted by Crippen LogP contribution is 1.98. The molecule has 0 saturated heterocycles. The second-order valence-electron chi connectivity index (χ2n) is 1.72. The molecule has 0 saturated carbocycles. The molecule has 0 aromatic carbocycles. The van der Waals surface area contributed by atoms with E-state index in [0.717, 1.165) is 0 Å². The van der Waals surface area contributed by atoms with Gasteiger partial charge in [0.2, 0.25) is 0 Å². The van der Waals surface area contributed by atoms with E-state index in [2.05, 4.69) is 0 Å². The van der Waals surface area contributed by atoms with E-state index in [9.17, 15) is 8.42 Å². The Labute approximate surface area is 55.2 Å². The van der Waals surface area contributed by atoms with Gasteiger partial charge in [0, 0.05) is 5.75 Å². The van der Waals surface area contributed by atoms with E-state index in [4.69, 9.17) is 5.26 Å². The van der Waals surface area contributed by atoms with Gasteiger partial charge in [0.1, 0.15) is 5.25 Å². The third-order valence-corrected chi connectivity index (χ3v) is 3.11. The van der Waals surface area contributed by atoms with Crippen LogP contribution >= 0.6 is 0 Å². The third-order valence-electron chi connectivity index (χ3n) is 1.12. The highest BCUT2D eigenvalue weighted by molar-refractivity contribution is 7.92. The lowest BCUT2D eigenvalue weighted by Gasteiger charge is -1.98. The Hall–Kier alpha value is -0.560. The maximum absolute atomic E-state index is 10.7. The summed E-state index contributed by atoms with van der Waals surface area (Å²) in [6, 6.07) is 1.67. The van der Waals surface area contributed by atoms with Gasteiger partial charge in [-0.25, -0.2) is 8.42 Å². The van der Waals surface area contributed by atoms with Crippen molar-refractivity contribution >= 4 is 9.84 Å². The van der Waals surface area contributed by atoms with Crippen LogP contribution in [0.1, 0.15) is 13.8 Å². The summed E-state index contributed by atoms with van der Waals surface area (Å²) in [7, 11) is -3.11. The van der Waals surface area contributed by atoms with Crippen LogP contribution in [0.2, 0.25) is 0 Å². The summed E-state index contributed by atoms with van der Waals surface area (Å²) in [5.74, 6) is 0.0434. The van der Waals surface area contributed by atoms with Crippen LogP contribution in [0.25, 0.3) is 0 Å². The predicted molar refractivity (Wildman–Crippen MR) is 34.5 cm³/mol. The van der Waals surface area contributed by atoms with Crippen molar-refractivity contribution in [1.82, 2.24) is 0 Å². The topological polar surface area (TPSA) is 57.9 Å². The molecule has 0 radical (unpaired) electrons. The Bertz CT molecular complexity index is 212. The summed E-state index contributed by atoms with van der Waals surface area (Å²) in [5.41, 5.74) is 0. The molecule has 0 N–H and O–H groups in total. The summed E-state index contributed by atoms with van der Waals surface area (Å²) >= 11 is 0. The first-order valence-corrected chi connectivity index (χ1v) is 4.37. The van der Waals surface area contributed by atoms with Gasteiger partial charge < -0.3 is 0 Å². The summed E-state index contributed by atoms with van der Waals surface area (Å²) in [4.78, 5) is 0. The first kappa shape index (κ1) is 8.44. The van der Waals surface area contributed by atoms with E-state index in [1.54, 1.807) is 6.07 Å². The number of nitrogens with zero attached hydrogens (tertiary/aromatic N) is 1. The zero-order valence-electron chi connectivity index (χ0n) is 5.46. The average molecular weight is 147 g/mol. The van der Waals surface area contributed by atoms with Crippen LogP contribution in [0, 0.1) is 11.3 Å². The highest BCUT2D eigenvalue weighted by atomic mass is 32.2. The summed E-state index contributed by atoms with van der Waals surface area (Å²) in [5, 5.41) is 7.31. The molecule has 0 unspecified atom stereocenters. The van der Waals surface area contributed by atoms with Crippen molar-refractivity contribution in [3.8, 4) is 6.07 Å². The molecule has 52 valence electrons. The van der Waals surface area contributed by atoms with Gasteiger partial charge in [-0.1, -0.05) is 6.92 Å². The number of hydrogen-bond acceptors (Lipinski definition) is 3.